The lowest BCUT2D eigenvalue weighted by atomic mass is 10.3. The van der Waals surface area contributed by atoms with Crippen LogP contribution in [0.1, 0.15) is 4.11 Å². The van der Waals surface area contributed by atoms with Gasteiger partial charge in [0.05, 0.1) is 24.4 Å². The molecule has 0 unspecified atom stereocenters. The third-order valence-electron chi connectivity index (χ3n) is 2.22. The fourth-order valence-corrected chi connectivity index (χ4v) is 1.81. The zero-order valence-corrected chi connectivity index (χ0v) is 9.66. The molecule has 0 amide bonds. The number of hydrogen-bond acceptors (Lipinski definition) is 4. The summed E-state index contributed by atoms with van der Waals surface area (Å²) in [7, 11) is -2.48. The van der Waals surface area contributed by atoms with Gasteiger partial charge in [-0.1, -0.05) is 0 Å². The van der Waals surface area contributed by atoms with Crippen molar-refractivity contribution in [3.8, 4) is 5.75 Å². The highest BCUT2D eigenvalue weighted by Gasteiger charge is 2.16. The lowest BCUT2D eigenvalue weighted by molar-refractivity contribution is 0.122. The van der Waals surface area contributed by atoms with Gasteiger partial charge in [0.1, 0.15) is 0 Å². The van der Waals surface area contributed by atoms with Gasteiger partial charge in [0.15, 0.2) is 11.6 Å². The second-order valence-electron chi connectivity index (χ2n) is 3.18. The summed E-state index contributed by atoms with van der Waals surface area (Å²) >= 11 is 3.26. The smallest absolute Gasteiger partial charge is 0.171 e. The maximum Gasteiger partial charge on any atom is 0.171 e. The van der Waals surface area contributed by atoms with E-state index in [1.54, 1.807) is 12.3 Å². The first kappa shape index (κ1) is 7.46. The van der Waals surface area contributed by atoms with Crippen LogP contribution in [0, 0.1) is 0 Å². The Hall–Kier alpha value is -0.810. The van der Waals surface area contributed by atoms with Crippen LogP contribution in [0.25, 0.3) is 0 Å². The number of ether oxygens (including phenoxy) is 2. The molecule has 2 heterocycles. The SMILES string of the molecule is [2H]C([2H])([2H])Oc1cc(Br)cnc1N1CCOCC1. The molecular formula is C10H13BrN2O2. The van der Waals surface area contributed by atoms with Crippen LogP contribution in [0.3, 0.4) is 0 Å². The zero-order valence-electron chi connectivity index (χ0n) is 11.1. The van der Waals surface area contributed by atoms with E-state index in [2.05, 4.69) is 20.9 Å². The maximum atomic E-state index is 7.18. The Balaban J connectivity index is 2.27. The Bertz CT molecular complexity index is 422. The Kier molecular flexibility index (Phi) is 2.39. The van der Waals surface area contributed by atoms with Gasteiger partial charge < -0.3 is 14.4 Å². The normalized spacial score (nSPS) is 20.3. The second kappa shape index (κ2) is 4.81. The van der Waals surface area contributed by atoms with Crippen LogP contribution in [0.15, 0.2) is 16.7 Å². The molecule has 0 spiro atoms. The molecule has 1 fully saturated rings. The Morgan fingerprint density at radius 3 is 3.13 bits per heavy atom. The van der Waals surface area contributed by atoms with Crippen molar-refractivity contribution in [2.45, 2.75) is 0 Å². The van der Waals surface area contributed by atoms with Crippen molar-refractivity contribution in [3.63, 3.8) is 0 Å². The second-order valence-corrected chi connectivity index (χ2v) is 4.09. The number of hydrogen-bond donors (Lipinski definition) is 0. The van der Waals surface area contributed by atoms with Crippen LogP contribution < -0.4 is 9.64 Å². The highest BCUT2D eigenvalue weighted by atomic mass is 79.9. The number of pyridine rings is 1. The van der Waals surface area contributed by atoms with Crippen molar-refractivity contribution in [2.24, 2.45) is 0 Å². The van der Waals surface area contributed by atoms with Crippen molar-refractivity contribution < 1.29 is 13.6 Å². The van der Waals surface area contributed by atoms with E-state index in [4.69, 9.17) is 13.6 Å². The van der Waals surface area contributed by atoms with Gasteiger partial charge in [0.25, 0.3) is 0 Å². The molecule has 0 N–H and O–H groups in total. The van der Waals surface area contributed by atoms with E-state index in [-0.39, 0.29) is 5.75 Å². The third-order valence-corrected chi connectivity index (χ3v) is 2.65. The summed E-state index contributed by atoms with van der Waals surface area (Å²) in [6, 6.07) is 1.62. The molecule has 15 heavy (non-hydrogen) atoms. The molecule has 0 saturated carbocycles. The maximum absolute atomic E-state index is 7.18. The molecule has 0 aromatic carbocycles. The minimum Gasteiger partial charge on any atom is -0.493 e. The van der Waals surface area contributed by atoms with Crippen molar-refractivity contribution >= 4 is 21.7 Å². The van der Waals surface area contributed by atoms with Crippen LogP contribution >= 0.6 is 15.9 Å². The number of morpholine rings is 1. The summed E-state index contributed by atoms with van der Waals surface area (Å²) in [6.07, 6.45) is 1.62. The van der Waals surface area contributed by atoms with Gasteiger partial charge in [0, 0.05) is 23.8 Å². The van der Waals surface area contributed by atoms with Crippen molar-refractivity contribution in [3.05, 3.63) is 16.7 Å². The number of nitrogens with zero attached hydrogens (tertiary/aromatic N) is 2. The van der Waals surface area contributed by atoms with Gasteiger partial charge in [-0.3, -0.25) is 0 Å². The van der Waals surface area contributed by atoms with Crippen LogP contribution in [0.4, 0.5) is 5.82 Å². The summed E-state index contributed by atoms with van der Waals surface area (Å²) in [5.74, 6) is 0.795. The minimum absolute atomic E-state index is 0.256. The van der Waals surface area contributed by atoms with E-state index in [1.807, 2.05) is 4.90 Å². The van der Waals surface area contributed by atoms with Crippen LogP contribution in [-0.4, -0.2) is 38.3 Å². The summed E-state index contributed by atoms with van der Waals surface area (Å²) in [5.41, 5.74) is 0. The fourth-order valence-electron chi connectivity index (χ4n) is 1.50. The average molecular weight is 276 g/mol. The fraction of sp³-hybridized carbons (Fsp3) is 0.500. The average Bonchev–Trinajstić information content (AvgIpc) is 2.28. The van der Waals surface area contributed by atoms with Gasteiger partial charge in [-0.15, -0.1) is 0 Å². The Morgan fingerprint density at radius 1 is 1.60 bits per heavy atom. The van der Waals surface area contributed by atoms with E-state index in [1.165, 1.54) is 0 Å². The first-order valence-corrected chi connectivity index (χ1v) is 5.42. The topological polar surface area (TPSA) is 34.6 Å². The monoisotopic (exact) mass is 275 g/mol. The molecule has 0 radical (unpaired) electrons. The molecule has 1 aromatic heterocycles. The van der Waals surface area contributed by atoms with E-state index in [0.717, 1.165) is 0 Å². The van der Waals surface area contributed by atoms with Crippen molar-refractivity contribution in [2.75, 3.05) is 38.2 Å². The predicted octanol–water partition coefficient (Wildman–Crippen LogP) is 1.69. The summed E-state index contributed by atoms with van der Waals surface area (Å²) in [6.45, 7) is 2.55. The quantitative estimate of drug-likeness (QED) is 0.823. The van der Waals surface area contributed by atoms with Crippen molar-refractivity contribution in [1.29, 1.82) is 0 Å². The van der Waals surface area contributed by atoms with E-state index in [9.17, 15) is 0 Å². The van der Waals surface area contributed by atoms with E-state index >= 15 is 0 Å². The van der Waals surface area contributed by atoms with Gasteiger partial charge in [-0.05, 0) is 22.0 Å². The minimum atomic E-state index is -2.48. The molecule has 82 valence electrons. The molecule has 5 heteroatoms. The first-order chi connectivity index (χ1) is 8.46. The van der Waals surface area contributed by atoms with Crippen molar-refractivity contribution in [1.82, 2.24) is 4.98 Å². The van der Waals surface area contributed by atoms with E-state index in [0.29, 0.717) is 36.6 Å². The van der Waals surface area contributed by atoms with Gasteiger partial charge in [-0.25, -0.2) is 4.98 Å². The lowest BCUT2D eigenvalue weighted by Crippen LogP contribution is -2.36. The Morgan fingerprint density at radius 2 is 2.40 bits per heavy atom. The molecule has 0 atom stereocenters. The van der Waals surface area contributed by atoms with Gasteiger partial charge in [0.2, 0.25) is 0 Å². The third kappa shape index (κ3) is 2.41. The van der Waals surface area contributed by atoms with Crippen LogP contribution in [0.5, 0.6) is 5.75 Å². The Labute approximate surface area is 102 Å². The van der Waals surface area contributed by atoms with E-state index < -0.39 is 7.04 Å². The summed E-state index contributed by atoms with van der Waals surface area (Å²) in [4.78, 5) is 6.19. The molecule has 2 rings (SSSR count). The van der Waals surface area contributed by atoms with Crippen LogP contribution in [0.2, 0.25) is 0 Å². The molecule has 1 saturated heterocycles. The lowest BCUT2D eigenvalue weighted by Gasteiger charge is -2.28. The molecule has 0 bridgehead atoms. The molecule has 1 aliphatic rings. The summed E-state index contributed by atoms with van der Waals surface area (Å²) < 4.78 is 32.5. The zero-order chi connectivity index (χ0) is 13.2. The predicted molar refractivity (Wildman–Crippen MR) is 61.5 cm³/mol. The molecular weight excluding hydrogens is 260 g/mol. The number of rotatable bonds is 2. The number of aromatic nitrogens is 1. The highest BCUT2D eigenvalue weighted by molar-refractivity contribution is 9.10. The summed E-state index contributed by atoms with van der Waals surface area (Å²) in [5, 5.41) is 0. The van der Waals surface area contributed by atoms with Crippen LogP contribution in [-0.2, 0) is 4.74 Å². The molecule has 4 nitrogen and oxygen atoms in total. The number of halogens is 1. The molecule has 0 aliphatic carbocycles. The standard InChI is InChI=1S/C10H13BrN2O2/c1-14-9-6-8(11)7-12-10(9)13-2-4-15-5-3-13/h6-7H,2-5H2,1H3/i1D3. The van der Waals surface area contributed by atoms with Gasteiger partial charge in [-0.2, -0.15) is 0 Å². The molecule has 1 aromatic rings. The highest BCUT2D eigenvalue weighted by Crippen LogP contribution is 2.28. The first-order valence-electron chi connectivity index (χ1n) is 6.13. The molecule has 1 aliphatic heterocycles. The number of methoxy groups -OCH3 is 1. The number of anilines is 1. The largest absolute Gasteiger partial charge is 0.493 e. The van der Waals surface area contributed by atoms with Gasteiger partial charge >= 0.3 is 0 Å².